The summed E-state index contributed by atoms with van der Waals surface area (Å²) in [5.41, 5.74) is 5.50. The molecule has 3 N–H and O–H groups in total. The maximum atomic E-state index is 10.3. The van der Waals surface area contributed by atoms with Crippen LogP contribution in [0.4, 0.5) is 0 Å². The van der Waals surface area contributed by atoms with Crippen molar-refractivity contribution in [2.45, 2.75) is 25.3 Å². The summed E-state index contributed by atoms with van der Waals surface area (Å²) in [6, 6.07) is -0.0949. The lowest BCUT2D eigenvalue weighted by molar-refractivity contribution is -0.141. The standard InChI is InChI=1S/C6H11NO2/c7-5-3-1-2-4(5)6(8)9/h4-5H,1-3,7H2,(H,8,9)/t4-,5?/m0/s1. The SMILES string of the molecule is NC1CCC[C@@H]1C(=O)O. The number of hydrogen-bond donors (Lipinski definition) is 2. The summed E-state index contributed by atoms with van der Waals surface area (Å²) in [4.78, 5) is 10.3. The molecule has 9 heavy (non-hydrogen) atoms. The maximum absolute atomic E-state index is 10.3. The number of carboxylic acids is 1. The summed E-state index contributed by atoms with van der Waals surface area (Å²) in [6.45, 7) is 0. The average molecular weight is 129 g/mol. The second kappa shape index (κ2) is 2.35. The summed E-state index contributed by atoms with van der Waals surface area (Å²) >= 11 is 0. The highest BCUT2D eigenvalue weighted by molar-refractivity contribution is 5.71. The normalized spacial score (nSPS) is 34.8. The molecule has 52 valence electrons. The fourth-order valence-corrected chi connectivity index (χ4v) is 1.30. The zero-order valence-corrected chi connectivity index (χ0v) is 5.21. The molecular formula is C6H11NO2. The lowest BCUT2D eigenvalue weighted by Crippen LogP contribution is -2.30. The fraction of sp³-hybridized carbons (Fsp3) is 0.833. The molecule has 0 aromatic rings. The lowest BCUT2D eigenvalue weighted by atomic mass is 10.1. The van der Waals surface area contributed by atoms with Crippen LogP contribution in [0.5, 0.6) is 0 Å². The van der Waals surface area contributed by atoms with Gasteiger partial charge in [0.1, 0.15) is 0 Å². The smallest absolute Gasteiger partial charge is 0.308 e. The van der Waals surface area contributed by atoms with Crippen molar-refractivity contribution in [1.29, 1.82) is 0 Å². The highest BCUT2D eigenvalue weighted by Gasteiger charge is 2.29. The minimum Gasteiger partial charge on any atom is -0.481 e. The minimum atomic E-state index is -0.736. The number of nitrogens with two attached hydrogens (primary N) is 1. The van der Waals surface area contributed by atoms with E-state index in [1.807, 2.05) is 0 Å². The Bertz CT molecular complexity index is 124. The zero-order valence-electron chi connectivity index (χ0n) is 5.21. The number of carbonyl (C=O) groups is 1. The predicted octanol–water partition coefficient (Wildman–Crippen LogP) is 0.198. The number of carboxylic acid groups (broad SMARTS) is 1. The van der Waals surface area contributed by atoms with Crippen LogP contribution in [0.3, 0.4) is 0 Å². The van der Waals surface area contributed by atoms with Crippen LogP contribution >= 0.6 is 0 Å². The van der Waals surface area contributed by atoms with Gasteiger partial charge in [-0.15, -0.1) is 0 Å². The van der Waals surface area contributed by atoms with Gasteiger partial charge in [-0.05, 0) is 12.8 Å². The van der Waals surface area contributed by atoms with Gasteiger partial charge in [-0.25, -0.2) is 0 Å². The molecule has 0 aromatic carbocycles. The van der Waals surface area contributed by atoms with E-state index in [0.29, 0.717) is 0 Å². The van der Waals surface area contributed by atoms with Crippen LogP contribution in [0.1, 0.15) is 19.3 Å². The molecule has 0 radical (unpaired) electrons. The molecule has 1 aliphatic rings. The topological polar surface area (TPSA) is 63.3 Å². The van der Waals surface area contributed by atoms with Crippen LogP contribution in [-0.4, -0.2) is 17.1 Å². The predicted molar refractivity (Wildman–Crippen MR) is 33.0 cm³/mol. The van der Waals surface area contributed by atoms with Crippen LogP contribution in [-0.2, 0) is 4.79 Å². The molecule has 2 atom stereocenters. The molecule has 1 saturated carbocycles. The third-order valence-electron chi connectivity index (χ3n) is 1.89. The molecule has 1 rings (SSSR count). The van der Waals surface area contributed by atoms with E-state index < -0.39 is 5.97 Å². The van der Waals surface area contributed by atoms with Gasteiger partial charge in [-0.3, -0.25) is 4.79 Å². The van der Waals surface area contributed by atoms with Gasteiger partial charge in [-0.1, -0.05) is 6.42 Å². The molecule has 1 unspecified atom stereocenters. The minimum absolute atomic E-state index is 0.0949. The van der Waals surface area contributed by atoms with E-state index in [1.54, 1.807) is 0 Å². The van der Waals surface area contributed by atoms with Gasteiger partial charge in [0.25, 0.3) is 0 Å². The van der Waals surface area contributed by atoms with Crippen LogP contribution in [0.25, 0.3) is 0 Å². The van der Waals surface area contributed by atoms with Crippen LogP contribution in [0, 0.1) is 5.92 Å². The molecule has 0 saturated heterocycles. The molecule has 3 heteroatoms. The van der Waals surface area contributed by atoms with Crippen molar-refractivity contribution in [3.05, 3.63) is 0 Å². The van der Waals surface area contributed by atoms with Crippen molar-refractivity contribution in [2.75, 3.05) is 0 Å². The van der Waals surface area contributed by atoms with Gasteiger partial charge in [-0.2, -0.15) is 0 Å². The Labute approximate surface area is 53.9 Å². The third-order valence-corrected chi connectivity index (χ3v) is 1.89. The maximum Gasteiger partial charge on any atom is 0.308 e. The van der Waals surface area contributed by atoms with Gasteiger partial charge in [0.2, 0.25) is 0 Å². The first kappa shape index (κ1) is 6.55. The quantitative estimate of drug-likeness (QED) is 0.531. The summed E-state index contributed by atoms with van der Waals surface area (Å²) in [5.74, 6) is -1.01. The van der Waals surface area contributed by atoms with Crippen LogP contribution < -0.4 is 5.73 Å². The Morgan fingerprint density at radius 1 is 1.56 bits per heavy atom. The highest BCUT2D eigenvalue weighted by Crippen LogP contribution is 2.23. The van der Waals surface area contributed by atoms with Gasteiger partial charge in [0, 0.05) is 6.04 Å². The monoisotopic (exact) mass is 129 g/mol. The molecule has 0 aromatic heterocycles. The Morgan fingerprint density at radius 3 is 2.44 bits per heavy atom. The molecular weight excluding hydrogens is 118 g/mol. The van der Waals surface area contributed by atoms with Crippen molar-refractivity contribution in [1.82, 2.24) is 0 Å². The van der Waals surface area contributed by atoms with Gasteiger partial charge < -0.3 is 10.8 Å². The summed E-state index contributed by atoms with van der Waals surface area (Å²) < 4.78 is 0. The van der Waals surface area contributed by atoms with Gasteiger partial charge in [0.05, 0.1) is 5.92 Å². The Balaban J connectivity index is 2.49. The van der Waals surface area contributed by atoms with Crippen molar-refractivity contribution in [2.24, 2.45) is 11.7 Å². The first-order valence-electron chi connectivity index (χ1n) is 3.20. The first-order chi connectivity index (χ1) is 4.22. The van der Waals surface area contributed by atoms with Crippen molar-refractivity contribution >= 4 is 5.97 Å². The highest BCUT2D eigenvalue weighted by atomic mass is 16.4. The molecule has 1 aliphatic carbocycles. The number of aliphatic carboxylic acids is 1. The lowest BCUT2D eigenvalue weighted by Gasteiger charge is -2.07. The first-order valence-corrected chi connectivity index (χ1v) is 3.20. The van der Waals surface area contributed by atoms with Gasteiger partial charge >= 0.3 is 5.97 Å². The number of rotatable bonds is 1. The largest absolute Gasteiger partial charge is 0.481 e. The van der Waals surface area contributed by atoms with E-state index >= 15 is 0 Å². The second-order valence-corrected chi connectivity index (χ2v) is 2.54. The van der Waals surface area contributed by atoms with E-state index in [1.165, 1.54) is 0 Å². The van der Waals surface area contributed by atoms with Crippen molar-refractivity contribution in [3.63, 3.8) is 0 Å². The summed E-state index contributed by atoms with van der Waals surface area (Å²) in [7, 11) is 0. The number of hydrogen-bond acceptors (Lipinski definition) is 2. The summed E-state index contributed by atoms with van der Waals surface area (Å²) in [5, 5.41) is 8.50. The van der Waals surface area contributed by atoms with E-state index in [2.05, 4.69) is 0 Å². The molecule has 0 bridgehead atoms. The third kappa shape index (κ3) is 1.21. The molecule has 3 nitrogen and oxygen atoms in total. The molecule has 0 spiro atoms. The molecule has 1 fully saturated rings. The van der Waals surface area contributed by atoms with Gasteiger partial charge in [0.15, 0.2) is 0 Å². The second-order valence-electron chi connectivity index (χ2n) is 2.54. The zero-order chi connectivity index (χ0) is 6.85. The van der Waals surface area contributed by atoms with E-state index in [-0.39, 0.29) is 12.0 Å². The van der Waals surface area contributed by atoms with Crippen LogP contribution in [0.15, 0.2) is 0 Å². The Hall–Kier alpha value is -0.570. The fourth-order valence-electron chi connectivity index (χ4n) is 1.30. The molecule has 0 amide bonds. The van der Waals surface area contributed by atoms with Crippen molar-refractivity contribution in [3.8, 4) is 0 Å². The Kier molecular flexibility index (Phi) is 1.71. The van der Waals surface area contributed by atoms with E-state index in [9.17, 15) is 4.79 Å². The Morgan fingerprint density at radius 2 is 2.22 bits per heavy atom. The van der Waals surface area contributed by atoms with E-state index in [0.717, 1.165) is 19.3 Å². The van der Waals surface area contributed by atoms with Crippen LogP contribution in [0.2, 0.25) is 0 Å². The molecule has 0 heterocycles. The molecule has 0 aliphatic heterocycles. The van der Waals surface area contributed by atoms with Crippen molar-refractivity contribution < 1.29 is 9.90 Å². The van der Waals surface area contributed by atoms with E-state index in [4.69, 9.17) is 10.8 Å². The summed E-state index contributed by atoms with van der Waals surface area (Å²) in [6.07, 6.45) is 2.60. The average Bonchev–Trinajstić information content (AvgIpc) is 2.13.